The van der Waals surface area contributed by atoms with Gasteiger partial charge in [-0.1, -0.05) is 19.0 Å². The van der Waals surface area contributed by atoms with Gasteiger partial charge in [-0.05, 0) is 32.9 Å². The minimum Gasteiger partial charge on any atom is -0.342 e. The maximum atomic E-state index is 5.24. The van der Waals surface area contributed by atoms with Gasteiger partial charge in [0, 0.05) is 29.9 Å². The summed E-state index contributed by atoms with van der Waals surface area (Å²) in [5, 5.41) is 7.52. The monoisotopic (exact) mass is 276 g/mol. The molecule has 0 atom stereocenters. The summed E-state index contributed by atoms with van der Waals surface area (Å²) in [5.41, 5.74) is 1.32. The number of nitrogens with one attached hydrogen (secondary N) is 1. The third-order valence-electron chi connectivity index (χ3n) is 3.01. The van der Waals surface area contributed by atoms with Gasteiger partial charge < -0.3 is 14.4 Å². The molecule has 0 fully saturated rings. The largest absolute Gasteiger partial charge is 0.342 e. The van der Waals surface area contributed by atoms with Gasteiger partial charge in [-0.25, -0.2) is 0 Å². The van der Waals surface area contributed by atoms with E-state index < -0.39 is 0 Å². The van der Waals surface area contributed by atoms with E-state index in [-0.39, 0.29) is 11.5 Å². The van der Waals surface area contributed by atoms with Crippen molar-refractivity contribution in [2.45, 2.75) is 59.2 Å². The zero-order chi connectivity index (χ0) is 14.8. The van der Waals surface area contributed by atoms with Crippen molar-refractivity contribution < 1.29 is 4.52 Å². The van der Waals surface area contributed by atoms with E-state index in [1.165, 1.54) is 5.69 Å². The van der Waals surface area contributed by atoms with Crippen molar-refractivity contribution in [3.05, 3.63) is 35.7 Å². The summed E-state index contributed by atoms with van der Waals surface area (Å²) in [6.45, 7) is 12.0. The fourth-order valence-corrected chi connectivity index (χ4v) is 1.84. The van der Waals surface area contributed by atoms with Crippen LogP contribution in [0.25, 0.3) is 0 Å². The second kappa shape index (κ2) is 5.79. The predicted octanol–water partition coefficient (Wildman–Crippen LogP) is 2.93. The van der Waals surface area contributed by atoms with Crippen LogP contribution in [-0.2, 0) is 13.1 Å². The van der Waals surface area contributed by atoms with E-state index in [2.05, 4.69) is 46.9 Å². The van der Waals surface area contributed by atoms with Crippen LogP contribution in [0.15, 0.2) is 22.9 Å². The quantitative estimate of drug-likeness (QED) is 0.912. The zero-order valence-electron chi connectivity index (χ0n) is 13.0. The summed E-state index contributed by atoms with van der Waals surface area (Å²) in [7, 11) is 0. The van der Waals surface area contributed by atoms with Crippen molar-refractivity contribution in [1.29, 1.82) is 0 Å². The highest BCUT2D eigenvalue weighted by Crippen LogP contribution is 2.13. The van der Waals surface area contributed by atoms with Gasteiger partial charge in [0.05, 0.1) is 6.54 Å². The van der Waals surface area contributed by atoms with E-state index in [1.807, 2.05) is 26.1 Å². The van der Waals surface area contributed by atoms with E-state index in [4.69, 9.17) is 4.52 Å². The van der Waals surface area contributed by atoms with Crippen molar-refractivity contribution >= 4 is 0 Å². The third kappa shape index (κ3) is 3.93. The molecule has 0 aliphatic heterocycles. The number of nitrogens with zero attached hydrogens (tertiary/aromatic N) is 3. The number of hydrogen-bond donors (Lipinski definition) is 1. The molecule has 5 nitrogen and oxygen atoms in total. The molecule has 0 spiro atoms. The Morgan fingerprint density at radius 3 is 2.70 bits per heavy atom. The fraction of sp³-hybridized carbons (Fsp3) is 0.600. The van der Waals surface area contributed by atoms with Crippen molar-refractivity contribution in [1.82, 2.24) is 20.0 Å². The van der Waals surface area contributed by atoms with Crippen LogP contribution in [0.1, 0.15) is 57.9 Å². The summed E-state index contributed by atoms with van der Waals surface area (Å²) in [5.74, 6) is 1.69. The lowest BCUT2D eigenvalue weighted by Crippen LogP contribution is -2.35. The highest BCUT2D eigenvalue weighted by molar-refractivity contribution is 5.09. The van der Waals surface area contributed by atoms with Crippen LogP contribution >= 0.6 is 0 Å². The normalized spacial score (nSPS) is 12.3. The van der Waals surface area contributed by atoms with Crippen LogP contribution in [0.2, 0.25) is 0 Å². The molecule has 0 bridgehead atoms. The first-order valence-electron chi connectivity index (χ1n) is 7.06. The average molecular weight is 276 g/mol. The van der Waals surface area contributed by atoms with Gasteiger partial charge in [0.25, 0.3) is 0 Å². The van der Waals surface area contributed by atoms with Gasteiger partial charge in [0.2, 0.25) is 5.89 Å². The lowest BCUT2D eigenvalue weighted by atomic mass is 10.1. The highest BCUT2D eigenvalue weighted by atomic mass is 16.5. The molecule has 20 heavy (non-hydrogen) atoms. The Kier molecular flexibility index (Phi) is 4.28. The molecule has 2 aromatic heterocycles. The summed E-state index contributed by atoms with van der Waals surface area (Å²) >= 11 is 0. The van der Waals surface area contributed by atoms with E-state index >= 15 is 0 Å². The Morgan fingerprint density at radius 1 is 1.35 bits per heavy atom. The maximum absolute atomic E-state index is 5.24. The number of aromatic nitrogens is 3. The molecule has 110 valence electrons. The molecule has 0 aromatic carbocycles. The zero-order valence-corrected chi connectivity index (χ0v) is 13.0. The molecular formula is C15H24N4O. The summed E-state index contributed by atoms with van der Waals surface area (Å²) in [4.78, 5) is 4.42. The molecule has 5 heteroatoms. The first-order chi connectivity index (χ1) is 9.35. The molecule has 0 saturated heterocycles. The van der Waals surface area contributed by atoms with Crippen molar-refractivity contribution in [2.24, 2.45) is 0 Å². The van der Waals surface area contributed by atoms with Gasteiger partial charge in [-0.2, -0.15) is 4.98 Å². The van der Waals surface area contributed by atoms with Crippen LogP contribution in [0, 0.1) is 0 Å². The van der Waals surface area contributed by atoms with Crippen molar-refractivity contribution in [2.75, 3.05) is 0 Å². The van der Waals surface area contributed by atoms with Gasteiger partial charge in [0.1, 0.15) is 0 Å². The van der Waals surface area contributed by atoms with Crippen LogP contribution in [0.4, 0.5) is 0 Å². The highest BCUT2D eigenvalue weighted by Gasteiger charge is 2.13. The Bertz CT molecular complexity index is 548. The second-order valence-corrected chi connectivity index (χ2v) is 6.43. The molecule has 2 rings (SSSR count). The molecule has 1 N–H and O–H groups in total. The molecule has 0 amide bonds. The topological polar surface area (TPSA) is 55.9 Å². The number of hydrogen-bond acceptors (Lipinski definition) is 4. The summed E-state index contributed by atoms with van der Waals surface area (Å²) in [6, 6.07) is 4.16. The first-order valence-corrected chi connectivity index (χ1v) is 7.06. The molecule has 0 radical (unpaired) electrons. The summed E-state index contributed by atoms with van der Waals surface area (Å²) < 4.78 is 7.39. The molecular weight excluding hydrogens is 252 g/mol. The van der Waals surface area contributed by atoms with E-state index in [9.17, 15) is 0 Å². The Morgan fingerprint density at radius 2 is 2.10 bits per heavy atom. The Hall–Kier alpha value is -1.62. The first kappa shape index (κ1) is 14.8. The van der Waals surface area contributed by atoms with Crippen LogP contribution in [-0.4, -0.2) is 20.2 Å². The second-order valence-electron chi connectivity index (χ2n) is 6.43. The summed E-state index contributed by atoms with van der Waals surface area (Å²) in [6.07, 6.45) is 2.05. The minimum absolute atomic E-state index is 0.103. The van der Waals surface area contributed by atoms with E-state index in [0.29, 0.717) is 12.4 Å². The SMILES string of the molecule is CC(C)c1nc(Cn2cccc2CNC(C)(C)C)no1. The van der Waals surface area contributed by atoms with Crippen LogP contribution in [0.5, 0.6) is 0 Å². The van der Waals surface area contributed by atoms with E-state index in [1.54, 1.807) is 0 Å². The average Bonchev–Trinajstić information content (AvgIpc) is 2.95. The molecule has 2 heterocycles. The van der Waals surface area contributed by atoms with E-state index in [0.717, 1.165) is 12.4 Å². The Balaban J connectivity index is 2.04. The lowest BCUT2D eigenvalue weighted by Gasteiger charge is -2.21. The van der Waals surface area contributed by atoms with Gasteiger partial charge >= 0.3 is 0 Å². The van der Waals surface area contributed by atoms with Gasteiger partial charge in [-0.15, -0.1) is 0 Å². The molecule has 0 saturated carbocycles. The van der Waals surface area contributed by atoms with Crippen LogP contribution < -0.4 is 5.32 Å². The smallest absolute Gasteiger partial charge is 0.229 e. The van der Waals surface area contributed by atoms with Crippen molar-refractivity contribution in [3.63, 3.8) is 0 Å². The van der Waals surface area contributed by atoms with Crippen molar-refractivity contribution in [3.8, 4) is 0 Å². The van der Waals surface area contributed by atoms with Gasteiger partial charge in [-0.3, -0.25) is 0 Å². The lowest BCUT2D eigenvalue weighted by molar-refractivity contribution is 0.359. The predicted molar refractivity (Wildman–Crippen MR) is 78.5 cm³/mol. The molecule has 0 aliphatic carbocycles. The Labute approximate surface area is 120 Å². The molecule has 0 unspecified atom stereocenters. The standard InChI is InChI=1S/C15H24N4O/c1-11(2)14-17-13(18-20-14)10-19-8-6-7-12(19)9-16-15(3,4)5/h6-8,11,16H,9-10H2,1-5H3. The maximum Gasteiger partial charge on any atom is 0.229 e. The van der Waals surface area contributed by atoms with Gasteiger partial charge in [0.15, 0.2) is 5.82 Å². The fourth-order valence-electron chi connectivity index (χ4n) is 1.84. The molecule has 0 aliphatic rings. The minimum atomic E-state index is 0.103. The number of rotatable bonds is 5. The third-order valence-corrected chi connectivity index (χ3v) is 3.01. The van der Waals surface area contributed by atoms with Crippen LogP contribution in [0.3, 0.4) is 0 Å². The molecule has 2 aromatic rings.